The molecule has 12 heteroatoms. The van der Waals surface area contributed by atoms with Crippen molar-refractivity contribution in [2.45, 2.75) is 0 Å². The van der Waals surface area contributed by atoms with Gasteiger partial charge in [0, 0.05) is 67.5 Å². The fourth-order valence-corrected chi connectivity index (χ4v) is 5.42. The highest BCUT2D eigenvalue weighted by Gasteiger charge is 2.20. The smallest absolute Gasteiger partial charge is 0.274 e. The van der Waals surface area contributed by atoms with Crippen molar-refractivity contribution in [2.24, 2.45) is 7.05 Å². The van der Waals surface area contributed by atoms with Crippen LogP contribution in [0.1, 0.15) is 10.5 Å². The number of aromatic nitrogens is 5. The molecule has 0 bridgehead atoms. The normalized spacial score (nSPS) is 11.2. The van der Waals surface area contributed by atoms with Gasteiger partial charge in [-0.3, -0.25) is 4.79 Å². The molecule has 6 rings (SSSR count). The number of anilines is 4. The van der Waals surface area contributed by atoms with E-state index in [1.165, 1.54) is 6.20 Å². The van der Waals surface area contributed by atoms with Crippen LogP contribution in [0.4, 0.5) is 23.0 Å². The Morgan fingerprint density at radius 3 is 2.45 bits per heavy atom. The van der Waals surface area contributed by atoms with Gasteiger partial charge < -0.3 is 34.5 Å². The lowest BCUT2D eigenvalue weighted by Gasteiger charge is -2.26. The summed E-state index contributed by atoms with van der Waals surface area (Å²) >= 11 is 0. The number of methoxy groups -OCH3 is 2. The molecule has 0 unspecified atom stereocenters. The van der Waals surface area contributed by atoms with E-state index in [1.807, 2.05) is 64.6 Å². The van der Waals surface area contributed by atoms with Crippen molar-refractivity contribution in [3.05, 3.63) is 84.9 Å². The molecule has 2 aromatic carbocycles. The fraction of sp³-hybridized carbons (Fsp3) is 0.229. The number of rotatable bonds is 11. The molecule has 4 heterocycles. The highest BCUT2D eigenvalue weighted by atomic mass is 16.5. The van der Waals surface area contributed by atoms with Crippen molar-refractivity contribution >= 4 is 50.9 Å². The van der Waals surface area contributed by atoms with Crippen molar-refractivity contribution in [1.82, 2.24) is 29.4 Å². The molecule has 12 nitrogen and oxygen atoms in total. The van der Waals surface area contributed by atoms with E-state index in [2.05, 4.69) is 53.3 Å². The number of benzene rings is 2. The zero-order valence-electron chi connectivity index (χ0n) is 27.3. The Hall–Kier alpha value is -5.75. The van der Waals surface area contributed by atoms with Crippen LogP contribution in [0, 0.1) is 0 Å². The van der Waals surface area contributed by atoms with E-state index in [9.17, 15) is 4.79 Å². The predicted octanol–water partition coefficient (Wildman–Crippen LogP) is 5.59. The Bertz CT molecular complexity index is 2060. The number of fused-ring (bicyclic) bond motifs is 2. The molecule has 0 saturated carbocycles. The minimum atomic E-state index is -0.365. The van der Waals surface area contributed by atoms with Crippen molar-refractivity contribution in [1.29, 1.82) is 0 Å². The molecule has 0 atom stereocenters. The Labute approximate surface area is 273 Å². The summed E-state index contributed by atoms with van der Waals surface area (Å²) in [5, 5.41) is 8.32. The van der Waals surface area contributed by atoms with Gasteiger partial charge in [0.15, 0.2) is 5.65 Å². The number of ether oxygens (including phenoxy) is 2. The zero-order valence-corrected chi connectivity index (χ0v) is 27.3. The Balaban J connectivity index is 1.43. The number of nitrogens with one attached hydrogen (secondary N) is 2. The van der Waals surface area contributed by atoms with E-state index in [4.69, 9.17) is 19.4 Å². The van der Waals surface area contributed by atoms with Crippen molar-refractivity contribution in [3.8, 4) is 22.8 Å². The summed E-state index contributed by atoms with van der Waals surface area (Å²) in [5.74, 6) is 1.08. The van der Waals surface area contributed by atoms with Gasteiger partial charge in [-0.25, -0.2) is 15.0 Å². The van der Waals surface area contributed by atoms with Crippen LogP contribution in [0.2, 0.25) is 0 Å². The number of carbonyl (C=O) groups is 1. The van der Waals surface area contributed by atoms with Gasteiger partial charge in [0.1, 0.15) is 17.2 Å². The molecule has 0 aliphatic heterocycles. The van der Waals surface area contributed by atoms with Crippen molar-refractivity contribution < 1.29 is 14.3 Å². The Morgan fingerprint density at radius 2 is 1.70 bits per heavy atom. The minimum Gasteiger partial charge on any atom is -0.495 e. The highest BCUT2D eigenvalue weighted by Crippen LogP contribution is 2.39. The zero-order chi connectivity index (χ0) is 33.1. The molecular weight excluding hydrogens is 594 g/mol. The third-order valence-corrected chi connectivity index (χ3v) is 7.93. The number of nitrogens with zero attached hydrogens (tertiary/aromatic N) is 7. The molecule has 4 aromatic heterocycles. The molecular formula is C35H37N9O3. The van der Waals surface area contributed by atoms with Crippen molar-refractivity contribution in [3.63, 3.8) is 0 Å². The summed E-state index contributed by atoms with van der Waals surface area (Å²) in [6, 6.07) is 19.1. The van der Waals surface area contributed by atoms with Gasteiger partial charge in [-0.2, -0.15) is 4.98 Å². The van der Waals surface area contributed by atoms with Gasteiger partial charge in [0.2, 0.25) is 5.95 Å². The second-order valence-corrected chi connectivity index (χ2v) is 11.4. The summed E-state index contributed by atoms with van der Waals surface area (Å²) in [5.41, 5.74) is 5.51. The molecule has 0 aliphatic carbocycles. The van der Waals surface area contributed by atoms with Crippen LogP contribution in [0.15, 0.2) is 79.3 Å². The number of hydrogen-bond acceptors (Lipinski definition) is 10. The van der Waals surface area contributed by atoms with Gasteiger partial charge >= 0.3 is 0 Å². The quantitative estimate of drug-likeness (QED) is 0.187. The maximum atomic E-state index is 13.4. The SMILES string of the molecule is COc1ccc(C(=O)Nc2cc(Nc3nc(-c4cn(C)c5ccccc45)c4cccnc4n3)c(OC)cc2N(C)CCN(C)C)nc1. The first-order valence-corrected chi connectivity index (χ1v) is 15.1. The molecule has 47 heavy (non-hydrogen) atoms. The first kappa shape index (κ1) is 31.2. The second-order valence-electron chi connectivity index (χ2n) is 11.4. The number of hydrogen-bond donors (Lipinski definition) is 2. The van der Waals surface area contributed by atoms with Gasteiger partial charge in [0.25, 0.3) is 5.91 Å². The second kappa shape index (κ2) is 13.3. The lowest BCUT2D eigenvalue weighted by molar-refractivity contribution is 0.102. The number of aryl methyl sites for hydroxylation is 1. The van der Waals surface area contributed by atoms with E-state index in [1.54, 1.807) is 32.5 Å². The number of para-hydroxylation sites is 1. The fourth-order valence-electron chi connectivity index (χ4n) is 5.42. The maximum absolute atomic E-state index is 13.4. The monoisotopic (exact) mass is 631 g/mol. The number of carbonyl (C=O) groups excluding carboxylic acids is 1. The molecule has 2 N–H and O–H groups in total. The summed E-state index contributed by atoms with van der Waals surface area (Å²) in [4.78, 5) is 36.2. The molecule has 6 aromatic rings. The summed E-state index contributed by atoms with van der Waals surface area (Å²) in [6.45, 7) is 1.52. The van der Waals surface area contributed by atoms with Crippen LogP contribution in [-0.2, 0) is 7.05 Å². The average Bonchev–Trinajstić information content (AvgIpc) is 3.42. The van der Waals surface area contributed by atoms with Crippen LogP contribution in [0.25, 0.3) is 33.2 Å². The Kier molecular flexibility index (Phi) is 8.85. The lowest BCUT2D eigenvalue weighted by Crippen LogP contribution is -2.29. The third-order valence-electron chi connectivity index (χ3n) is 7.93. The average molecular weight is 632 g/mol. The van der Waals surface area contributed by atoms with Crippen molar-refractivity contribution in [2.75, 3.05) is 64.0 Å². The molecule has 0 saturated heterocycles. The lowest BCUT2D eigenvalue weighted by atomic mass is 10.1. The largest absolute Gasteiger partial charge is 0.495 e. The number of likely N-dealkylation sites (N-methyl/N-ethyl adjacent to an activating group) is 2. The predicted molar refractivity (Wildman–Crippen MR) is 186 cm³/mol. The van der Waals surface area contributed by atoms with Gasteiger partial charge in [-0.15, -0.1) is 0 Å². The summed E-state index contributed by atoms with van der Waals surface area (Å²) in [7, 11) is 11.2. The summed E-state index contributed by atoms with van der Waals surface area (Å²) < 4.78 is 13.1. The van der Waals surface area contributed by atoms with E-state index in [0.29, 0.717) is 41.0 Å². The first-order valence-electron chi connectivity index (χ1n) is 15.1. The molecule has 0 aliphatic rings. The molecule has 1 amide bonds. The van der Waals surface area contributed by atoms with E-state index >= 15 is 0 Å². The van der Waals surface area contributed by atoms with Gasteiger partial charge in [0.05, 0.1) is 43.2 Å². The molecule has 0 radical (unpaired) electrons. The van der Waals surface area contributed by atoms with Crippen LogP contribution in [0.5, 0.6) is 11.5 Å². The Morgan fingerprint density at radius 1 is 0.894 bits per heavy atom. The first-order chi connectivity index (χ1) is 22.7. The molecule has 240 valence electrons. The van der Waals surface area contributed by atoms with Crippen LogP contribution in [-0.4, -0.2) is 83.8 Å². The third kappa shape index (κ3) is 6.49. The summed E-state index contributed by atoms with van der Waals surface area (Å²) in [6.07, 6.45) is 5.30. The number of pyridine rings is 2. The molecule has 0 spiro atoms. The number of amides is 1. The van der Waals surface area contributed by atoms with E-state index in [0.717, 1.165) is 39.8 Å². The minimum absolute atomic E-state index is 0.252. The topological polar surface area (TPSA) is 123 Å². The standard InChI is InChI=1S/C35H37N9O3/c1-42(2)16-17-43(3)30-19-31(47-6)28(18-27(30)38-34(45)26-14-13-22(46-5)20-37-26)39-35-40-32(24-11-9-15-36-33(24)41-35)25-21-44(4)29-12-8-7-10-23(25)29/h7-15,18-21H,16-17H2,1-6H3,(H,38,45)(H,36,39,40,41). The molecule has 0 fully saturated rings. The van der Waals surface area contributed by atoms with Crippen LogP contribution < -0.4 is 25.0 Å². The van der Waals surface area contributed by atoms with Crippen LogP contribution >= 0.6 is 0 Å². The highest BCUT2D eigenvalue weighted by molar-refractivity contribution is 6.06. The van der Waals surface area contributed by atoms with Gasteiger partial charge in [-0.05, 0) is 50.5 Å². The maximum Gasteiger partial charge on any atom is 0.274 e. The van der Waals surface area contributed by atoms with E-state index < -0.39 is 0 Å². The van der Waals surface area contributed by atoms with Gasteiger partial charge in [-0.1, -0.05) is 18.2 Å². The van der Waals surface area contributed by atoms with E-state index in [-0.39, 0.29) is 11.6 Å². The van der Waals surface area contributed by atoms with Crippen LogP contribution in [0.3, 0.4) is 0 Å².